The summed E-state index contributed by atoms with van der Waals surface area (Å²) in [7, 11) is 0. The molecule has 4 rings (SSSR count). The molecule has 0 atom stereocenters. The number of nitrogens with one attached hydrogen (secondary N) is 2. The van der Waals surface area contributed by atoms with E-state index in [1.165, 1.54) is 23.4 Å². The third-order valence-electron chi connectivity index (χ3n) is 6.00. The van der Waals surface area contributed by atoms with Crippen LogP contribution in [0.15, 0.2) is 60.9 Å². The van der Waals surface area contributed by atoms with Crippen molar-refractivity contribution in [2.45, 2.75) is 19.3 Å². The molecule has 8 nitrogen and oxygen atoms in total. The first-order chi connectivity index (χ1) is 17.4. The van der Waals surface area contributed by atoms with Gasteiger partial charge < -0.3 is 20.6 Å². The molecule has 2 aromatic carbocycles. The number of rotatable bonds is 1. The monoisotopic (exact) mass is 506 g/mol. The van der Waals surface area contributed by atoms with Gasteiger partial charge in [-0.2, -0.15) is 0 Å². The second kappa shape index (κ2) is 11.7. The number of benzene rings is 2. The summed E-state index contributed by atoms with van der Waals surface area (Å²) in [6, 6.07) is 13.9. The Bertz CT molecular complexity index is 1280. The van der Waals surface area contributed by atoms with Crippen LogP contribution in [-0.4, -0.2) is 58.9 Å². The number of carbonyl (C=O) groups excluding carboxylic acids is 3. The Morgan fingerprint density at radius 3 is 2.67 bits per heavy atom. The van der Waals surface area contributed by atoms with Crippen molar-refractivity contribution in [2.75, 3.05) is 26.2 Å². The standard InChI is InChI=1S/C27H27ClN4O4/c28-23-16-29-11-9-21(23)27(36)32-13-2-1-10-31-26(35)20-5-3-4-19(15-20)22-14-18(6-7-24(22)33)8-12-30-25(34)17-32/h3-7,9,11,14-16,33H,1-2,8,10,12-13,17H2,(H,30,34)(H,31,35). The zero-order valence-corrected chi connectivity index (χ0v) is 20.4. The molecular weight excluding hydrogens is 480 g/mol. The van der Waals surface area contributed by atoms with Gasteiger partial charge in [-0.05, 0) is 60.7 Å². The lowest BCUT2D eigenvalue weighted by atomic mass is 9.98. The van der Waals surface area contributed by atoms with Crippen LogP contribution < -0.4 is 10.6 Å². The molecular formula is C27H27ClN4O4. The maximum absolute atomic E-state index is 13.1. The Morgan fingerprint density at radius 1 is 1.00 bits per heavy atom. The van der Waals surface area contributed by atoms with Crippen LogP contribution in [-0.2, 0) is 11.2 Å². The summed E-state index contributed by atoms with van der Waals surface area (Å²) in [5.41, 5.74) is 3.04. The normalized spacial score (nSPS) is 15.3. The van der Waals surface area contributed by atoms with Crippen molar-refractivity contribution in [1.82, 2.24) is 20.5 Å². The largest absolute Gasteiger partial charge is 0.507 e. The molecule has 4 bridgehead atoms. The van der Waals surface area contributed by atoms with E-state index in [0.717, 1.165) is 11.1 Å². The maximum atomic E-state index is 13.1. The second-order valence-corrected chi connectivity index (χ2v) is 8.98. The summed E-state index contributed by atoms with van der Waals surface area (Å²) in [6.45, 7) is 0.990. The summed E-state index contributed by atoms with van der Waals surface area (Å²) in [5.74, 6) is -0.742. The number of phenolic OH excluding ortho intramolecular Hbond substituents is 1. The molecule has 0 fully saturated rings. The maximum Gasteiger partial charge on any atom is 0.255 e. The number of nitrogens with zero attached hydrogens (tertiary/aromatic N) is 2. The van der Waals surface area contributed by atoms with Crippen LogP contribution in [0.3, 0.4) is 0 Å². The van der Waals surface area contributed by atoms with Crippen molar-refractivity contribution in [2.24, 2.45) is 0 Å². The SMILES string of the molecule is O=C1CN(C(=O)c2ccncc2Cl)CCCCNC(=O)c2cccc(c2)-c2cc(ccc2O)CCN1. The van der Waals surface area contributed by atoms with Crippen molar-refractivity contribution in [3.8, 4) is 16.9 Å². The van der Waals surface area contributed by atoms with Crippen LogP contribution >= 0.6 is 11.6 Å². The van der Waals surface area contributed by atoms with Gasteiger partial charge in [-0.15, -0.1) is 0 Å². The first-order valence-corrected chi connectivity index (χ1v) is 12.2. The summed E-state index contributed by atoms with van der Waals surface area (Å²) in [5, 5.41) is 16.4. The van der Waals surface area contributed by atoms with Gasteiger partial charge in [0, 0.05) is 43.2 Å². The summed E-state index contributed by atoms with van der Waals surface area (Å²) >= 11 is 6.17. The Hall–Kier alpha value is -3.91. The number of amides is 3. The smallest absolute Gasteiger partial charge is 0.255 e. The molecule has 1 aromatic heterocycles. The highest BCUT2D eigenvalue weighted by Gasteiger charge is 2.21. The molecule has 1 aliphatic heterocycles. The minimum atomic E-state index is -0.351. The number of aromatic nitrogens is 1. The Morgan fingerprint density at radius 2 is 1.83 bits per heavy atom. The molecule has 3 amide bonds. The van der Waals surface area contributed by atoms with Crippen molar-refractivity contribution < 1.29 is 19.5 Å². The van der Waals surface area contributed by atoms with Gasteiger partial charge in [0.15, 0.2) is 0 Å². The third kappa shape index (κ3) is 6.20. The van der Waals surface area contributed by atoms with Gasteiger partial charge in [0.05, 0.1) is 17.1 Å². The predicted molar refractivity (Wildman–Crippen MR) is 137 cm³/mol. The third-order valence-corrected chi connectivity index (χ3v) is 6.30. The van der Waals surface area contributed by atoms with Gasteiger partial charge >= 0.3 is 0 Å². The van der Waals surface area contributed by atoms with Crippen LogP contribution in [0, 0.1) is 0 Å². The van der Waals surface area contributed by atoms with E-state index in [1.54, 1.807) is 30.3 Å². The van der Waals surface area contributed by atoms with E-state index in [1.807, 2.05) is 12.1 Å². The van der Waals surface area contributed by atoms with Crippen molar-refractivity contribution in [3.63, 3.8) is 0 Å². The molecule has 2 heterocycles. The van der Waals surface area contributed by atoms with E-state index in [4.69, 9.17) is 11.6 Å². The van der Waals surface area contributed by atoms with Gasteiger partial charge in [0.2, 0.25) is 5.91 Å². The minimum Gasteiger partial charge on any atom is -0.507 e. The lowest BCUT2D eigenvalue weighted by Gasteiger charge is -2.23. The fourth-order valence-corrected chi connectivity index (χ4v) is 4.28. The minimum absolute atomic E-state index is 0.110. The first kappa shape index (κ1) is 25.2. The molecule has 0 spiro atoms. The van der Waals surface area contributed by atoms with Crippen molar-refractivity contribution in [3.05, 3.63) is 82.6 Å². The van der Waals surface area contributed by atoms with Gasteiger partial charge in [0.1, 0.15) is 5.75 Å². The average Bonchev–Trinajstić information content (AvgIpc) is 2.88. The molecule has 36 heavy (non-hydrogen) atoms. The van der Waals surface area contributed by atoms with E-state index in [2.05, 4.69) is 15.6 Å². The highest BCUT2D eigenvalue weighted by atomic mass is 35.5. The van der Waals surface area contributed by atoms with Gasteiger partial charge in [0.25, 0.3) is 11.8 Å². The predicted octanol–water partition coefficient (Wildman–Crippen LogP) is 3.43. The van der Waals surface area contributed by atoms with Crippen LogP contribution in [0.2, 0.25) is 5.02 Å². The lowest BCUT2D eigenvalue weighted by Crippen LogP contribution is -2.42. The summed E-state index contributed by atoms with van der Waals surface area (Å²) in [4.78, 5) is 43.9. The number of aromatic hydroxyl groups is 1. The highest BCUT2D eigenvalue weighted by molar-refractivity contribution is 6.33. The van der Waals surface area contributed by atoms with E-state index in [0.29, 0.717) is 50.0 Å². The quantitative estimate of drug-likeness (QED) is 0.468. The molecule has 0 saturated heterocycles. The zero-order valence-electron chi connectivity index (χ0n) is 19.7. The molecule has 3 N–H and O–H groups in total. The second-order valence-electron chi connectivity index (χ2n) is 8.58. The summed E-state index contributed by atoms with van der Waals surface area (Å²) < 4.78 is 0. The Kier molecular flexibility index (Phi) is 8.17. The highest BCUT2D eigenvalue weighted by Crippen LogP contribution is 2.31. The fraction of sp³-hybridized carbons (Fsp3) is 0.259. The molecule has 0 aliphatic carbocycles. The molecule has 186 valence electrons. The van der Waals surface area contributed by atoms with E-state index >= 15 is 0 Å². The first-order valence-electron chi connectivity index (χ1n) is 11.8. The number of fused-ring (bicyclic) bond motifs is 5. The number of carbonyl (C=O) groups is 3. The number of hydrogen-bond acceptors (Lipinski definition) is 5. The van der Waals surface area contributed by atoms with Gasteiger partial charge in [-0.25, -0.2) is 0 Å². The van der Waals surface area contributed by atoms with E-state index < -0.39 is 0 Å². The number of pyridine rings is 1. The van der Waals surface area contributed by atoms with Crippen molar-refractivity contribution in [1.29, 1.82) is 0 Å². The lowest BCUT2D eigenvalue weighted by molar-refractivity contribution is -0.121. The van der Waals surface area contributed by atoms with Crippen LogP contribution in [0.25, 0.3) is 11.1 Å². The fourth-order valence-electron chi connectivity index (χ4n) is 4.08. The topological polar surface area (TPSA) is 112 Å². The van der Waals surface area contributed by atoms with Gasteiger partial charge in [-0.3, -0.25) is 19.4 Å². The Labute approximate surface area is 214 Å². The summed E-state index contributed by atoms with van der Waals surface area (Å²) in [6.07, 6.45) is 4.61. The van der Waals surface area contributed by atoms with Crippen molar-refractivity contribution >= 4 is 29.3 Å². The number of halogens is 1. The number of hydrogen-bond donors (Lipinski definition) is 3. The average molecular weight is 507 g/mol. The molecule has 0 saturated carbocycles. The van der Waals surface area contributed by atoms with Crippen LogP contribution in [0.5, 0.6) is 5.75 Å². The van der Waals surface area contributed by atoms with Crippen LogP contribution in [0.4, 0.5) is 0 Å². The Balaban J connectivity index is 1.56. The molecule has 9 heteroatoms. The molecule has 0 unspecified atom stereocenters. The molecule has 3 aromatic rings. The van der Waals surface area contributed by atoms with Crippen LogP contribution in [0.1, 0.15) is 39.1 Å². The zero-order chi connectivity index (χ0) is 25.5. The van der Waals surface area contributed by atoms with Gasteiger partial charge in [-0.1, -0.05) is 29.8 Å². The van der Waals surface area contributed by atoms with E-state index in [9.17, 15) is 19.5 Å². The van der Waals surface area contributed by atoms with E-state index in [-0.39, 0.29) is 40.6 Å². The molecule has 0 radical (unpaired) electrons. The number of phenols is 1. The molecule has 1 aliphatic rings.